The fraction of sp³-hybridized carbons (Fsp3) is 0.684. The Labute approximate surface area is 186 Å². The zero-order valence-corrected chi connectivity index (χ0v) is 20.5. The van der Waals surface area contributed by atoms with Crippen molar-refractivity contribution in [3.05, 3.63) is 23.9 Å². The molecule has 0 amide bonds. The number of sulfone groups is 1. The highest BCUT2D eigenvalue weighted by Crippen LogP contribution is 2.21. The molecular weight excluding hydrogens is 489 g/mol. The molecule has 7 nitrogen and oxygen atoms in total. The normalized spacial score (nSPS) is 17.0. The molecule has 0 saturated carbocycles. The molecule has 0 radical (unpaired) electrons. The molecule has 0 aliphatic carbocycles. The quantitative estimate of drug-likeness (QED) is 0.325. The average molecular weight is 523 g/mol. The number of piperidine rings is 1. The minimum absolute atomic E-state index is 0. The molecule has 2 heterocycles. The van der Waals surface area contributed by atoms with Gasteiger partial charge < -0.3 is 15.5 Å². The second kappa shape index (κ2) is 11.8. The van der Waals surface area contributed by atoms with E-state index in [4.69, 9.17) is 0 Å². The van der Waals surface area contributed by atoms with Crippen molar-refractivity contribution in [3.63, 3.8) is 0 Å². The minimum atomic E-state index is -2.95. The summed E-state index contributed by atoms with van der Waals surface area (Å²) in [5.74, 6) is 2.68. The number of anilines is 1. The highest BCUT2D eigenvalue weighted by Gasteiger charge is 2.16. The van der Waals surface area contributed by atoms with Gasteiger partial charge in [-0.05, 0) is 43.7 Å². The first kappa shape index (κ1) is 24.9. The Morgan fingerprint density at radius 2 is 2.04 bits per heavy atom. The number of halogens is 1. The molecule has 0 bridgehead atoms. The molecule has 28 heavy (non-hydrogen) atoms. The zero-order valence-electron chi connectivity index (χ0n) is 17.3. The van der Waals surface area contributed by atoms with Crippen molar-refractivity contribution in [1.29, 1.82) is 0 Å². The number of pyridine rings is 1. The number of guanidine groups is 1. The smallest absolute Gasteiger partial charge is 0.191 e. The standard InChI is InChI=1S/C19H33N5O2S.HI/c1-15-7-10-24(11-8-15)18-6-5-17(13-21-18)14-22-19(20-3)23-16(2)9-12-27(4,25)26;/h5-6,13,15-16H,7-12,14H2,1-4H3,(H2,20,22,23);1H. The van der Waals surface area contributed by atoms with Gasteiger partial charge in [0.1, 0.15) is 15.7 Å². The summed E-state index contributed by atoms with van der Waals surface area (Å²) in [7, 11) is -1.24. The highest BCUT2D eigenvalue weighted by atomic mass is 127. The minimum Gasteiger partial charge on any atom is -0.357 e. The molecule has 1 aliphatic heterocycles. The first-order valence-electron chi connectivity index (χ1n) is 9.61. The summed E-state index contributed by atoms with van der Waals surface area (Å²) in [6.07, 6.45) is 6.16. The summed E-state index contributed by atoms with van der Waals surface area (Å²) in [6, 6.07) is 4.19. The van der Waals surface area contributed by atoms with Crippen LogP contribution in [-0.4, -0.2) is 57.5 Å². The number of aromatic nitrogens is 1. The number of nitrogens with one attached hydrogen (secondary N) is 2. The summed E-state index contributed by atoms with van der Waals surface area (Å²) in [6.45, 7) is 7.03. The Morgan fingerprint density at radius 1 is 1.36 bits per heavy atom. The van der Waals surface area contributed by atoms with Crippen molar-refractivity contribution in [3.8, 4) is 0 Å². The van der Waals surface area contributed by atoms with E-state index in [1.54, 1.807) is 7.05 Å². The molecule has 1 unspecified atom stereocenters. The van der Waals surface area contributed by atoms with Crippen molar-refractivity contribution >= 4 is 45.6 Å². The van der Waals surface area contributed by atoms with Crippen molar-refractivity contribution in [1.82, 2.24) is 15.6 Å². The molecule has 0 spiro atoms. The van der Waals surface area contributed by atoms with E-state index in [9.17, 15) is 8.42 Å². The molecule has 9 heteroatoms. The molecule has 0 aromatic carbocycles. The lowest BCUT2D eigenvalue weighted by molar-refractivity contribution is 0.436. The van der Waals surface area contributed by atoms with Gasteiger partial charge in [-0.25, -0.2) is 13.4 Å². The van der Waals surface area contributed by atoms with E-state index in [1.165, 1.54) is 19.1 Å². The molecule has 1 aromatic rings. The summed E-state index contributed by atoms with van der Waals surface area (Å²) in [5, 5.41) is 6.48. The second-order valence-corrected chi connectivity index (χ2v) is 9.84. The molecule has 1 saturated heterocycles. The molecule has 1 aromatic heterocycles. The Kier molecular flexibility index (Phi) is 10.5. The van der Waals surface area contributed by atoms with Gasteiger partial charge in [-0.2, -0.15) is 0 Å². The number of hydrogen-bond acceptors (Lipinski definition) is 5. The lowest BCUT2D eigenvalue weighted by Gasteiger charge is -2.31. The molecule has 1 atom stereocenters. The maximum absolute atomic E-state index is 11.3. The predicted octanol–water partition coefficient (Wildman–Crippen LogP) is 2.42. The Morgan fingerprint density at radius 3 is 2.57 bits per heavy atom. The average Bonchev–Trinajstić information content (AvgIpc) is 2.64. The van der Waals surface area contributed by atoms with Crippen LogP contribution in [0.1, 0.15) is 38.7 Å². The zero-order chi connectivity index (χ0) is 19.9. The van der Waals surface area contributed by atoms with Crippen LogP contribution in [0.3, 0.4) is 0 Å². The number of aliphatic imine (C=N–C) groups is 1. The SMILES string of the molecule is CN=C(NCc1ccc(N2CCC(C)CC2)nc1)NC(C)CCS(C)(=O)=O.I. The third-order valence-electron chi connectivity index (χ3n) is 4.91. The third-order valence-corrected chi connectivity index (χ3v) is 5.88. The Hall–Kier alpha value is -1.10. The van der Waals surface area contributed by atoms with Crippen LogP contribution in [-0.2, 0) is 16.4 Å². The predicted molar refractivity (Wildman–Crippen MR) is 127 cm³/mol. The maximum Gasteiger partial charge on any atom is 0.191 e. The summed E-state index contributed by atoms with van der Waals surface area (Å²) < 4.78 is 22.6. The summed E-state index contributed by atoms with van der Waals surface area (Å²) >= 11 is 0. The second-order valence-electron chi connectivity index (χ2n) is 7.58. The molecule has 2 rings (SSSR count). The molecular formula is C19H34IN5O2S. The largest absolute Gasteiger partial charge is 0.357 e. The van der Waals surface area contributed by atoms with Crippen LogP contribution in [0.25, 0.3) is 0 Å². The van der Waals surface area contributed by atoms with Gasteiger partial charge in [-0.15, -0.1) is 24.0 Å². The van der Waals surface area contributed by atoms with Crippen LogP contribution in [0, 0.1) is 5.92 Å². The van der Waals surface area contributed by atoms with E-state index in [-0.39, 0.29) is 35.8 Å². The van der Waals surface area contributed by atoms with Gasteiger partial charge >= 0.3 is 0 Å². The van der Waals surface area contributed by atoms with Gasteiger partial charge in [0.25, 0.3) is 0 Å². The maximum atomic E-state index is 11.3. The lowest BCUT2D eigenvalue weighted by Crippen LogP contribution is -2.42. The van der Waals surface area contributed by atoms with Gasteiger partial charge in [0.2, 0.25) is 0 Å². The van der Waals surface area contributed by atoms with Crippen LogP contribution >= 0.6 is 24.0 Å². The van der Waals surface area contributed by atoms with E-state index < -0.39 is 9.84 Å². The molecule has 1 aliphatic rings. The summed E-state index contributed by atoms with van der Waals surface area (Å²) in [4.78, 5) is 11.2. The van der Waals surface area contributed by atoms with Crippen molar-refractivity contribution in [2.75, 3.05) is 37.0 Å². The van der Waals surface area contributed by atoms with Gasteiger partial charge in [0.15, 0.2) is 5.96 Å². The van der Waals surface area contributed by atoms with E-state index >= 15 is 0 Å². The lowest BCUT2D eigenvalue weighted by atomic mass is 9.99. The van der Waals surface area contributed by atoms with E-state index in [1.807, 2.05) is 13.1 Å². The van der Waals surface area contributed by atoms with Crippen LogP contribution in [0.5, 0.6) is 0 Å². The number of nitrogens with zero attached hydrogens (tertiary/aromatic N) is 3. The van der Waals surface area contributed by atoms with Gasteiger partial charge in [0.05, 0.1) is 5.75 Å². The van der Waals surface area contributed by atoms with Crippen LogP contribution in [0.15, 0.2) is 23.3 Å². The van der Waals surface area contributed by atoms with E-state index in [2.05, 4.69) is 44.6 Å². The summed E-state index contributed by atoms with van der Waals surface area (Å²) in [5.41, 5.74) is 1.08. The van der Waals surface area contributed by atoms with Crippen LogP contribution < -0.4 is 15.5 Å². The van der Waals surface area contributed by atoms with Crippen molar-refractivity contribution < 1.29 is 8.42 Å². The number of hydrogen-bond donors (Lipinski definition) is 2. The molecule has 160 valence electrons. The molecule has 1 fully saturated rings. The Bertz CT molecular complexity index is 716. The van der Waals surface area contributed by atoms with Crippen LogP contribution in [0.2, 0.25) is 0 Å². The van der Waals surface area contributed by atoms with Crippen molar-refractivity contribution in [2.45, 2.75) is 45.7 Å². The van der Waals surface area contributed by atoms with E-state index in [0.29, 0.717) is 18.9 Å². The van der Waals surface area contributed by atoms with Gasteiger partial charge in [-0.1, -0.05) is 13.0 Å². The highest BCUT2D eigenvalue weighted by molar-refractivity contribution is 14.0. The van der Waals surface area contributed by atoms with E-state index in [0.717, 1.165) is 30.4 Å². The van der Waals surface area contributed by atoms with Crippen molar-refractivity contribution in [2.24, 2.45) is 10.9 Å². The Balaban J connectivity index is 0.00000392. The van der Waals surface area contributed by atoms with Gasteiger partial charge in [-0.3, -0.25) is 4.99 Å². The number of rotatable bonds is 7. The topological polar surface area (TPSA) is 86.7 Å². The fourth-order valence-corrected chi connectivity index (χ4v) is 3.80. The van der Waals surface area contributed by atoms with Crippen LogP contribution in [0.4, 0.5) is 5.82 Å². The fourth-order valence-electron chi connectivity index (χ4n) is 3.02. The molecule has 2 N–H and O–H groups in total. The first-order valence-corrected chi connectivity index (χ1v) is 11.7. The third kappa shape index (κ3) is 8.93. The van der Waals surface area contributed by atoms with Gasteiger partial charge in [0, 0.05) is 45.2 Å². The first-order chi connectivity index (χ1) is 12.8. The monoisotopic (exact) mass is 523 g/mol.